The van der Waals surface area contributed by atoms with Gasteiger partial charge in [-0.2, -0.15) is 0 Å². The summed E-state index contributed by atoms with van der Waals surface area (Å²) in [6.07, 6.45) is 3.49. The van der Waals surface area contributed by atoms with E-state index in [1.54, 1.807) is 11.3 Å². The Bertz CT molecular complexity index is 1260. The highest BCUT2D eigenvalue weighted by Gasteiger charge is 2.34. The molecule has 2 aromatic carbocycles. The Morgan fingerprint density at radius 2 is 1.68 bits per heavy atom. The number of Topliss-reactive ketones (excluding diaryl/α,β-unsaturated/α-hetero) is 1. The second-order valence-corrected chi connectivity index (χ2v) is 10.2. The second-order valence-electron chi connectivity index (χ2n) is 8.96. The van der Waals surface area contributed by atoms with E-state index in [1.807, 2.05) is 72.9 Å². The highest BCUT2D eigenvalue weighted by Crippen LogP contribution is 2.34. The summed E-state index contributed by atoms with van der Waals surface area (Å²) in [5.74, 6) is 1.01. The maximum absolute atomic E-state index is 12.9. The van der Waals surface area contributed by atoms with Crippen LogP contribution >= 0.6 is 11.3 Å². The Labute approximate surface area is 204 Å². The van der Waals surface area contributed by atoms with Crippen LogP contribution in [0.5, 0.6) is 0 Å². The van der Waals surface area contributed by atoms with E-state index in [-0.39, 0.29) is 5.78 Å². The molecule has 1 aliphatic rings. The highest BCUT2D eigenvalue weighted by molar-refractivity contribution is 7.14. The van der Waals surface area contributed by atoms with E-state index in [2.05, 4.69) is 28.9 Å². The van der Waals surface area contributed by atoms with E-state index >= 15 is 0 Å². The van der Waals surface area contributed by atoms with Gasteiger partial charge in [-0.3, -0.25) is 4.79 Å². The standard InChI is InChI=1S/C29H28N2O2S/c1-21-25(23-8-4-2-5-9-23)19-27(34-21)26(32)18-22-12-13-28(30-20-22)31-16-14-29(33,15-17-31)24-10-6-3-7-11-24/h2-13,19-20,33H,14-18H2,1H3. The molecule has 172 valence electrons. The lowest BCUT2D eigenvalue weighted by atomic mass is 9.84. The normalized spacial score (nSPS) is 15.3. The molecule has 1 aliphatic heterocycles. The molecule has 5 heteroatoms. The van der Waals surface area contributed by atoms with Crippen molar-refractivity contribution < 1.29 is 9.90 Å². The third kappa shape index (κ3) is 4.67. The van der Waals surface area contributed by atoms with Crippen LogP contribution in [0.2, 0.25) is 0 Å². The number of benzene rings is 2. The van der Waals surface area contributed by atoms with Crippen LogP contribution in [0.1, 0.15) is 38.5 Å². The fourth-order valence-electron chi connectivity index (χ4n) is 4.65. The number of piperidine rings is 1. The molecule has 0 saturated carbocycles. The quantitative estimate of drug-likeness (QED) is 0.351. The molecule has 4 aromatic rings. The van der Waals surface area contributed by atoms with Crippen LogP contribution in [0.25, 0.3) is 11.1 Å². The monoisotopic (exact) mass is 468 g/mol. The van der Waals surface area contributed by atoms with Gasteiger partial charge in [0.05, 0.1) is 10.5 Å². The van der Waals surface area contributed by atoms with Crippen LogP contribution < -0.4 is 4.90 Å². The SMILES string of the molecule is Cc1sc(C(=O)Cc2ccc(N3CCC(O)(c4ccccc4)CC3)nc2)cc1-c1ccccc1. The number of ketones is 1. The molecule has 0 unspecified atom stereocenters. The average molecular weight is 469 g/mol. The van der Waals surface area contributed by atoms with Crippen molar-refractivity contribution >= 4 is 22.9 Å². The molecule has 0 amide bonds. The maximum Gasteiger partial charge on any atom is 0.177 e. The maximum atomic E-state index is 12.9. The Morgan fingerprint density at radius 3 is 2.32 bits per heavy atom. The lowest BCUT2D eigenvalue weighted by molar-refractivity contribution is 0.0116. The first-order chi connectivity index (χ1) is 16.5. The number of rotatable bonds is 6. The van der Waals surface area contributed by atoms with E-state index in [9.17, 15) is 9.90 Å². The van der Waals surface area contributed by atoms with Crippen molar-refractivity contribution in [2.75, 3.05) is 18.0 Å². The first kappa shape index (κ1) is 22.5. The number of aryl methyl sites for hydroxylation is 1. The Balaban J connectivity index is 1.22. The van der Waals surface area contributed by atoms with Crippen molar-refractivity contribution in [2.45, 2.75) is 31.8 Å². The summed E-state index contributed by atoms with van der Waals surface area (Å²) in [7, 11) is 0. The molecule has 0 spiro atoms. The summed E-state index contributed by atoms with van der Waals surface area (Å²) in [5, 5.41) is 11.1. The molecule has 1 N–H and O–H groups in total. The fraction of sp³-hybridized carbons (Fsp3) is 0.241. The van der Waals surface area contributed by atoms with Gasteiger partial charge in [-0.05, 0) is 54.2 Å². The first-order valence-electron chi connectivity index (χ1n) is 11.7. The van der Waals surface area contributed by atoms with Gasteiger partial charge in [0.1, 0.15) is 5.82 Å². The number of anilines is 1. The molecular weight excluding hydrogens is 440 g/mol. The molecule has 0 radical (unpaired) electrons. The Morgan fingerprint density at radius 1 is 1.00 bits per heavy atom. The highest BCUT2D eigenvalue weighted by atomic mass is 32.1. The number of pyridine rings is 1. The predicted molar refractivity (Wildman–Crippen MR) is 139 cm³/mol. The fourth-order valence-corrected chi connectivity index (χ4v) is 5.63. The minimum Gasteiger partial charge on any atom is -0.385 e. The van der Waals surface area contributed by atoms with Gasteiger partial charge in [0, 0.05) is 30.6 Å². The summed E-state index contributed by atoms with van der Waals surface area (Å²) >= 11 is 1.56. The molecule has 0 aliphatic carbocycles. The van der Waals surface area contributed by atoms with Crippen LogP contribution in [0.15, 0.2) is 85.1 Å². The Hall–Kier alpha value is -3.28. The van der Waals surface area contributed by atoms with Gasteiger partial charge in [-0.25, -0.2) is 4.98 Å². The molecule has 34 heavy (non-hydrogen) atoms. The van der Waals surface area contributed by atoms with Crippen LogP contribution in [-0.4, -0.2) is 29.0 Å². The third-order valence-electron chi connectivity index (χ3n) is 6.68. The molecule has 5 rings (SSSR count). The minimum atomic E-state index is -0.776. The number of carbonyl (C=O) groups excluding carboxylic acids is 1. The number of hydrogen-bond acceptors (Lipinski definition) is 5. The van der Waals surface area contributed by atoms with Crippen LogP contribution in [0.3, 0.4) is 0 Å². The lowest BCUT2D eigenvalue weighted by Gasteiger charge is -2.39. The Kier molecular flexibility index (Phi) is 6.31. The molecule has 0 atom stereocenters. The van der Waals surface area contributed by atoms with E-state index in [1.165, 1.54) is 0 Å². The smallest absolute Gasteiger partial charge is 0.177 e. The van der Waals surface area contributed by atoms with E-state index < -0.39 is 5.60 Å². The van der Waals surface area contributed by atoms with Gasteiger partial charge < -0.3 is 10.0 Å². The predicted octanol–water partition coefficient (Wildman–Crippen LogP) is 6.03. The van der Waals surface area contributed by atoms with Gasteiger partial charge in [0.15, 0.2) is 5.78 Å². The van der Waals surface area contributed by atoms with E-state index in [0.29, 0.717) is 19.3 Å². The molecule has 3 heterocycles. The summed E-state index contributed by atoms with van der Waals surface area (Å²) in [6.45, 7) is 3.55. The zero-order valence-electron chi connectivity index (χ0n) is 19.3. The summed E-state index contributed by atoms with van der Waals surface area (Å²) in [6, 6.07) is 26.1. The van der Waals surface area contributed by atoms with Gasteiger partial charge >= 0.3 is 0 Å². The number of aromatic nitrogens is 1. The van der Waals surface area contributed by atoms with Crippen LogP contribution in [0, 0.1) is 6.92 Å². The second kappa shape index (κ2) is 9.53. The van der Waals surface area contributed by atoms with Crippen molar-refractivity contribution in [3.05, 3.63) is 106 Å². The van der Waals surface area contributed by atoms with Crippen LogP contribution in [-0.2, 0) is 12.0 Å². The molecule has 1 fully saturated rings. The molecule has 4 nitrogen and oxygen atoms in total. The number of thiophene rings is 1. The van der Waals surface area contributed by atoms with Gasteiger partial charge in [0.2, 0.25) is 0 Å². The van der Waals surface area contributed by atoms with Crippen molar-refractivity contribution in [1.29, 1.82) is 0 Å². The molecule has 1 saturated heterocycles. The van der Waals surface area contributed by atoms with Crippen molar-refractivity contribution in [2.24, 2.45) is 0 Å². The zero-order valence-corrected chi connectivity index (χ0v) is 20.1. The van der Waals surface area contributed by atoms with Crippen LogP contribution in [0.4, 0.5) is 5.82 Å². The van der Waals surface area contributed by atoms with Crippen molar-refractivity contribution in [1.82, 2.24) is 4.98 Å². The first-order valence-corrected chi connectivity index (χ1v) is 12.5. The number of aliphatic hydroxyl groups is 1. The van der Waals surface area contributed by atoms with Gasteiger partial charge in [0.25, 0.3) is 0 Å². The lowest BCUT2D eigenvalue weighted by Crippen LogP contribution is -2.42. The summed E-state index contributed by atoms with van der Waals surface area (Å²) in [4.78, 5) is 21.7. The van der Waals surface area contributed by atoms with Crippen molar-refractivity contribution in [3.63, 3.8) is 0 Å². The summed E-state index contributed by atoms with van der Waals surface area (Å²) < 4.78 is 0. The number of carbonyl (C=O) groups is 1. The van der Waals surface area contributed by atoms with E-state index in [4.69, 9.17) is 0 Å². The summed E-state index contributed by atoms with van der Waals surface area (Å²) in [5.41, 5.74) is 3.39. The van der Waals surface area contributed by atoms with Gasteiger partial charge in [-0.15, -0.1) is 11.3 Å². The average Bonchev–Trinajstić information content (AvgIpc) is 3.28. The van der Waals surface area contributed by atoms with Crippen molar-refractivity contribution in [3.8, 4) is 11.1 Å². The molecular formula is C29H28N2O2S. The zero-order chi connectivity index (χ0) is 23.5. The minimum absolute atomic E-state index is 0.121. The van der Waals surface area contributed by atoms with Gasteiger partial charge in [-0.1, -0.05) is 66.7 Å². The van der Waals surface area contributed by atoms with E-state index in [0.717, 1.165) is 50.9 Å². The molecule has 0 bridgehead atoms. The topological polar surface area (TPSA) is 53.4 Å². The third-order valence-corrected chi connectivity index (χ3v) is 7.77. The number of hydrogen-bond donors (Lipinski definition) is 1. The molecule has 2 aromatic heterocycles. The number of nitrogens with zero attached hydrogens (tertiary/aromatic N) is 2. The largest absolute Gasteiger partial charge is 0.385 e.